The van der Waals surface area contributed by atoms with Gasteiger partial charge in [-0.1, -0.05) is 6.58 Å². The van der Waals surface area contributed by atoms with Crippen LogP contribution in [0, 0.1) is 11.3 Å². The van der Waals surface area contributed by atoms with Gasteiger partial charge in [0.15, 0.2) is 0 Å². The molecule has 0 spiro atoms. The zero-order valence-corrected chi connectivity index (χ0v) is 24.1. The summed E-state index contributed by atoms with van der Waals surface area (Å²) in [5.41, 5.74) is 5.85. The highest BCUT2D eigenvalue weighted by Crippen LogP contribution is 2.36. The van der Waals surface area contributed by atoms with Gasteiger partial charge in [-0.15, -0.1) is 0 Å². The lowest BCUT2D eigenvalue weighted by Crippen LogP contribution is -2.55. The van der Waals surface area contributed by atoms with Crippen molar-refractivity contribution in [3.63, 3.8) is 0 Å². The maximum atomic E-state index is 12.5. The summed E-state index contributed by atoms with van der Waals surface area (Å²) >= 11 is 0. The number of hydrogen-bond donors (Lipinski definition) is 0. The van der Waals surface area contributed by atoms with Gasteiger partial charge in [0.25, 0.3) is 0 Å². The van der Waals surface area contributed by atoms with E-state index in [1.54, 1.807) is 11.2 Å². The second kappa shape index (κ2) is 12.0. The molecule has 2 aromatic heterocycles. The Hall–Kier alpha value is -3.71. The van der Waals surface area contributed by atoms with Crippen LogP contribution in [-0.2, 0) is 30.6 Å². The fraction of sp³-hybridized carbons (Fsp3) is 0.581. The average molecular weight is 557 g/mol. The number of hydrogen-bond acceptors (Lipinski definition) is 9. The first kappa shape index (κ1) is 27.5. The van der Waals surface area contributed by atoms with E-state index in [4.69, 9.17) is 14.7 Å². The van der Waals surface area contributed by atoms with Crippen LogP contribution in [0.1, 0.15) is 54.6 Å². The van der Waals surface area contributed by atoms with E-state index >= 15 is 0 Å². The van der Waals surface area contributed by atoms with Crippen LogP contribution >= 0.6 is 0 Å². The largest absolute Gasteiger partial charge is 0.476 e. The Kier molecular flexibility index (Phi) is 8.06. The Labute approximate surface area is 242 Å². The Morgan fingerprint density at radius 2 is 1.95 bits per heavy atom. The van der Waals surface area contributed by atoms with Crippen molar-refractivity contribution in [3.8, 4) is 11.9 Å². The maximum absolute atomic E-state index is 12.5. The van der Waals surface area contributed by atoms with E-state index < -0.39 is 0 Å². The molecular formula is C31H40N8O2. The monoisotopic (exact) mass is 556 g/mol. The highest BCUT2D eigenvalue weighted by molar-refractivity contribution is 5.87. The van der Waals surface area contributed by atoms with E-state index in [1.165, 1.54) is 42.2 Å². The van der Waals surface area contributed by atoms with E-state index in [-0.39, 0.29) is 18.4 Å². The molecule has 10 nitrogen and oxygen atoms in total. The van der Waals surface area contributed by atoms with Crippen molar-refractivity contribution in [3.05, 3.63) is 47.6 Å². The van der Waals surface area contributed by atoms with Crippen molar-refractivity contribution < 1.29 is 9.53 Å². The van der Waals surface area contributed by atoms with Crippen molar-refractivity contribution in [1.82, 2.24) is 24.8 Å². The number of nitriles is 1. The second-order valence-electron chi connectivity index (χ2n) is 11.7. The number of likely N-dealkylation sites (N-methyl/N-ethyl adjacent to an activating group) is 1. The topological polar surface area (TPSA) is 102 Å². The molecule has 1 amide bonds. The number of piperazine rings is 1. The molecule has 4 aliphatic rings. The lowest BCUT2D eigenvalue weighted by atomic mass is 9.95. The van der Waals surface area contributed by atoms with Gasteiger partial charge < -0.3 is 24.3 Å². The van der Waals surface area contributed by atoms with Gasteiger partial charge in [0.1, 0.15) is 18.8 Å². The molecule has 0 N–H and O–H groups in total. The van der Waals surface area contributed by atoms with Gasteiger partial charge in [0.05, 0.1) is 30.8 Å². The number of carbonyl (C=O) groups excluding carboxylic acids is 1. The SMILES string of the molecule is C=CC(=O)N1CCN(c2cc(OC[C@@H]3CCCN3C)nc3c2CCN(c2ncnc4c2CCCC4)C3)C[C@@H]1CC#N. The molecule has 1 aliphatic carbocycles. The third-order valence-electron chi connectivity index (χ3n) is 9.24. The summed E-state index contributed by atoms with van der Waals surface area (Å²) in [5, 5.41) is 9.52. The number of rotatable bonds is 7. The Balaban J connectivity index is 1.31. The van der Waals surface area contributed by atoms with E-state index in [2.05, 4.69) is 45.4 Å². The molecule has 0 bridgehead atoms. The Bertz CT molecular complexity index is 1340. The molecule has 6 rings (SSSR count). The fourth-order valence-electron chi connectivity index (χ4n) is 6.94. The number of amides is 1. The van der Waals surface area contributed by atoms with E-state index in [9.17, 15) is 10.1 Å². The molecule has 2 atom stereocenters. The van der Waals surface area contributed by atoms with Crippen molar-refractivity contribution >= 4 is 17.4 Å². The minimum absolute atomic E-state index is 0.116. The maximum Gasteiger partial charge on any atom is 0.246 e. The minimum Gasteiger partial charge on any atom is -0.476 e. The summed E-state index contributed by atoms with van der Waals surface area (Å²) in [5.74, 6) is 1.58. The predicted octanol–water partition coefficient (Wildman–Crippen LogP) is 2.90. The number of fused-ring (bicyclic) bond motifs is 2. The Morgan fingerprint density at radius 1 is 1.07 bits per heavy atom. The van der Waals surface area contributed by atoms with Gasteiger partial charge in [0, 0.05) is 60.8 Å². The van der Waals surface area contributed by atoms with Gasteiger partial charge in [-0.3, -0.25) is 4.79 Å². The molecule has 3 aliphatic heterocycles. The van der Waals surface area contributed by atoms with Gasteiger partial charge in [-0.2, -0.15) is 5.26 Å². The molecule has 0 radical (unpaired) electrons. The fourth-order valence-corrected chi connectivity index (χ4v) is 6.94. The first-order valence-electron chi connectivity index (χ1n) is 15.0. The lowest BCUT2D eigenvalue weighted by molar-refractivity contribution is -0.128. The van der Waals surface area contributed by atoms with Gasteiger partial charge in [-0.25, -0.2) is 15.0 Å². The summed E-state index contributed by atoms with van der Waals surface area (Å²) in [6.07, 6.45) is 10.9. The quantitative estimate of drug-likeness (QED) is 0.477. The van der Waals surface area contributed by atoms with Crippen molar-refractivity contribution in [2.24, 2.45) is 0 Å². The number of nitrogens with zero attached hydrogens (tertiary/aromatic N) is 8. The third-order valence-corrected chi connectivity index (χ3v) is 9.24. The number of carbonyl (C=O) groups is 1. The summed E-state index contributed by atoms with van der Waals surface area (Å²) < 4.78 is 6.39. The van der Waals surface area contributed by atoms with Gasteiger partial charge in [0.2, 0.25) is 11.8 Å². The van der Waals surface area contributed by atoms with Crippen molar-refractivity contribution in [1.29, 1.82) is 5.26 Å². The summed E-state index contributed by atoms with van der Waals surface area (Å²) in [6, 6.07) is 4.58. The third kappa shape index (κ3) is 5.60. The molecule has 5 heterocycles. The molecule has 41 heavy (non-hydrogen) atoms. The second-order valence-corrected chi connectivity index (χ2v) is 11.7. The highest BCUT2D eigenvalue weighted by atomic mass is 16.5. The summed E-state index contributed by atoms with van der Waals surface area (Å²) in [4.78, 5) is 35.8. The summed E-state index contributed by atoms with van der Waals surface area (Å²) in [7, 11) is 2.16. The molecule has 10 heteroatoms. The molecule has 2 aromatic rings. The highest BCUT2D eigenvalue weighted by Gasteiger charge is 2.33. The van der Waals surface area contributed by atoms with E-state index in [1.807, 2.05) is 0 Å². The van der Waals surface area contributed by atoms with Crippen LogP contribution in [0.2, 0.25) is 0 Å². The molecule has 0 saturated carbocycles. The van der Waals surface area contributed by atoms with Crippen LogP contribution < -0.4 is 14.5 Å². The van der Waals surface area contributed by atoms with Crippen LogP contribution in [0.5, 0.6) is 5.88 Å². The van der Waals surface area contributed by atoms with Crippen LogP contribution in [0.4, 0.5) is 11.5 Å². The van der Waals surface area contributed by atoms with Crippen molar-refractivity contribution in [2.45, 2.75) is 70.0 Å². The van der Waals surface area contributed by atoms with Gasteiger partial charge in [-0.05, 0) is 64.6 Å². The number of aromatic nitrogens is 3. The first-order chi connectivity index (χ1) is 20.1. The van der Waals surface area contributed by atoms with Crippen molar-refractivity contribution in [2.75, 3.05) is 56.2 Å². The smallest absolute Gasteiger partial charge is 0.246 e. The van der Waals surface area contributed by atoms with Crippen LogP contribution in [0.15, 0.2) is 25.0 Å². The summed E-state index contributed by atoms with van der Waals surface area (Å²) in [6.45, 7) is 8.74. The minimum atomic E-state index is -0.188. The normalized spacial score (nSPS) is 22.6. The Morgan fingerprint density at radius 3 is 2.76 bits per heavy atom. The molecule has 2 saturated heterocycles. The van der Waals surface area contributed by atoms with Crippen LogP contribution in [-0.4, -0.2) is 89.1 Å². The zero-order valence-electron chi connectivity index (χ0n) is 24.1. The number of anilines is 2. The molecular weight excluding hydrogens is 516 g/mol. The van der Waals surface area contributed by atoms with E-state index in [0.29, 0.717) is 44.7 Å². The number of likely N-dealkylation sites (tertiary alicyclic amines) is 1. The van der Waals surface area contributed by atoms with Gasteiger partial charge >= 0.3 is 0 Å². The van der Waals surface area contributed by atoms with Crippen LogP contribution in [0.25, 0.3) is 0 Å². The lowest BCUT2D eigenvalue weighted by Gasteiger charge is -2.43. The molecule has 0 unspecified atom stereocenters. The molecule has 2 fully saturated rings. The first-order valence-corrected chi connectivity index (χ1v) is 15.0. The zero-order chi connectivity index (χ0) is 28.3. The molecule has 216 valence electrons. The standard InChI is InChI=1S/C31H40N8O2/c1-3-30(40)39-16-15-37(18-22(39)10-12-32)28-17-29(41-20-23-7-6-13-36(23)2)35-27-19-38(14-11-24(27)28)31-25-8-4-5-9-26(25)33-21-34-31/h3,17,21-23H,1,4-11,13-16,18-20H2,2H3/t22-,23-/m0/s1. The average Bonchev–Trinajstić information content (AvgIpc) is 3.43. The molecule has 0 aromatic carbocycles. The van der Waals surface area contributed by atoms with Crippen LogP contribution in [0.3, 0.4) is 0 Å². The predicted molar refractivity (Wildman–Crippen MR) is 157 cm³/mol. The number of pyridine rings is 1. The number of aryl methyl sites for hydroxylation is 1. The number of ether oxygens (including phenoxy) is 1. The van der Waals surface area contributed by atoms with E-state index in [0.717, 1.165) is 56.0 Å².